The summed E-state index contributed by atoms with van der Waals surface area (Å²) < 4.78 is 7.67. The zero-order valence-electron chi connectivity index (χ0n) is 17.1. The van der Waals surface area contributed by atoms with Crippen LogP contribution in [0.5, 0.6) is 5.75 Å². The quantitative estimate of drug-likeness (QED) is 0.158. The number of carbonyl (C=O) groups excluding carboxylic acids is 1. The largest absolute Gasteiger partial charge is 0.487 e. The Balaban J connectivity index is 1.77. The molecule has 0 aliphatic carbocycles. The van der Waals surface area contributed by atoms with Crippen molar-refractivity contribution < 1.29 is 9.53 Å². The second-order valence-corrected chi connectivity index (χ2v) is 10.5. The Morgan fingerprint density at radius 3 is 2.33 bits per heavy atom. The summed E-state index contributed by atoms with van der Waals surface area (Å²) in [5.41, 5.74) is 2.99. The van der Waals surface area contributed by atoms with Crippen molar-refractivity contribution in [1.29, 1.82) is 5.26 Å². The van der Waals surface area contributed by atoms with Crippen LogP contribution in [0.25, 0.3) is 6.08 Å². The van der Waals surface area contributed by atoms with Gasteiger partial charge in [-0.25, -0.2) is 0 Å². The first-order chi connectivity index (χ1) is 15.7. The Morgan fingerprint density at radius 2 is 1.73 bits per heavy atom. The number of hydrogen-bond donors (Lipinski definition) is 1. The monoisotopic (exact) mass is 722 g/mol. The molecule has 3 rings (SSSR count). The summed E-state index contributed by atoms with van der Waals surface area (Å²) in [6.45, 7) is 2.19. The number of rotatable bonds is 6. The molecule has 0 heterocycles. The maximum absolute atomic E-state index is 12.6. The van der Waals surface area contributed by atoms with Gasteiger partial charge in [-0.05, 0) is 111 Å². The lowest BCUT2D eigenvalue weighted by Crippen LogP contribution is -2.13. The van der Waals surface area contributed by atoms with Crippen molar-refractivity contribution >= 4 is 97.7 Å². The van der Waals surface area contributed by atoms with Crippen LogP contribution in [0.1, 0.15) is 16.7 Å². The number of aryl methyl sites for hydroxylation is 1. The fraction of sp³-hybridized carbons (Fsp3) is 0.0833. The summed E-state index contributed by atoms with van der Waals surface area (Å²) in [6, 6.07) is 16.2. The first kappa shape index (κ1) is 26.1. The molecule has 33 heavy (non-hydrogen) atoms. The van der Waals surface area contributed by atoms with Crippen LogP contribution in [0.4, 0.5) is 5.69 Å². The second kappa shape index (κ2) is 11.8. The van der Waals surface area contributed by atoms with Gasteiger partial charge in [0.2, 0.25) is 0 Å². The van der Waals surface area contributed by atoms with Gasteiger partial charge in [0, 0.05) is 10.7 Å². The van der Waals surface area contributed by atoms with E-state index in [2.05, 4.69) is 50.5 Å². The van der Waals surface area contributed by atoms with Crippen LogP contribution in [0.15, 0.2) is 54.1 Å². The number of nitrogens with zero attached hydrogens (tertiary/aromatic N) is 1. The minimum atomic E-state index is -0.512. The molecule has 0 aliphatic rings. The highest BCUT2D eigenvalue weighted by Crippen LogP contribution is 2.31. The molecule has 0 unspecified atom stereocenters. The van der Waals surface area contributed by atoms with Gasteiger partial charge >= 0.3 is 0 Å². The standard InChI is InChI=1S/C24H15Cl3I2N2O2/c1-13-2-4-17(10-19(13)26)31-24(32)16(11-30)6-15-8-21(28)23(22(29)9-15)33-12-14-3-5-18(25)20(27)7-14/h2-10H,12H2,1H3,(H,31,32)/b16-6+. The van der Waals surface area contributed by atoms with Crippen LogP contribution in [-0.4, -0.2) is 5.91 Å². The number of nitriles is 1. The molecule has 1 amide bonds. The first-order valence-corrected chi connectivity index (χ1v) is 12.7. The lowest BCUT2D eigenvalue weighted by molar-refractivity contribution is -0.112. The van der Waals surface area contributed by atoms with E-state index in [9.17, 15) is 10.1 Å². The molecule has 3 aromatic rings. The lowest BCUT2D eigenvalue weighted by Gasteiger charge is -2.12. The van der Waals surface area contributed by atoms with Crippen molar-refractivity contribution in [3.8, 4) is 11.8 Å². The summed E-state index contributed by atoms with van der Waals surface area (Å²) in [5.74, 6) is 0.194. The van der Waals surface area contributed by atoms with Gasteiger partial charge in [0.05, 0.1) is 17.2 Å². The molecule has 4 nitrogen and oxygen atoms in total. The average molecular weight is 724 g/mol. The van der Waals surface area contributed by atoms with Crippen LogP contribution in [0, 0.1) is 25.4 Å². The van der Waals surface area contributed by atoms with Crippen molar-refractivity contribution in [2.24, 2.45) is 0 Å². The summed E-state index contributed by atoms with van der Waals surface area (Å²) in [7, 11) is 0. The number of nitrogens with one attached hydrogen (secondary N) is 1. The highest BCUT2D eigenvalue weighted by Gasteiger charge is 2.13. The highest BCUT2D eigenvalue weighted by molar-refractivity contribution is 14.1. The smallest absolute Gasteiger partial charge is 0.266 e. The third kappa shape index (κ3) is 6.99. The number of ether oxygens (including phenoxy) is 1. The third-order valence-electron chi connectivity index (χ3n) is 4.49. The van der Waals surface area contributed by atoms with Gasteiger partial charge in [-0.3, -0.25) is 4.79 Å². The molecule has 9 heteroatoms. The minimum Gasteiger partial charge on any atom is -0.487 e. The molecule has 0 bridgehead atoms. The molecule has 0 aromatic heterocycles. The molecule has 168 valence electrons. The third-order valence-corrected chi connectivity index (χ3v) is 7.24. The molecule has 0 fully saturated rings. The lowest BCUT2D eigenvalue weighted by atomic mass is 10.1. The van der Waals surface area contributed by atoms with Crippen LogP contribution >= 0.6 is 80.0 Å². The summed E-state index contributed by atoms with van der Waals surface area (Å²) in [6.07, 6.45) is 1.54. The van der Waals surface area contributed by atoms with E-state index in [4.69, 9.17) is 39.5 Å². The molecule has 0 saturated heterocycles. The second-order valence-electron chi connectivity index (χ2n) is 6.94. The van der Waals surface area contributed by atoms with Crippen LogP contribution in [-0.2, 0) is 11.4 Å². The van der Waals surface area contributed by atoms with Gasteiger partial charge in [-0.15, -0.1) is 0 Å². The van der Waals surface area contributed by atoms with E-state index in [0.717, 1.165) is 18.3 Å². The summed E-state index contributed by atoms with van der Waals surface area (Å²) in [5, 5.41) is 13.7. The molecule has 3 aromatic carbocycles. The zero-order valence-corrected chi connectivity index (χ0v) is 23.6. The Labute approximate surface area is 234 Å². The fourth-order valence-corrected chi connectivity index (χ4v) is 5.40. The Morgan fingerprint density at radius 1 is 1.03 bits per heavy atom. The van der Waals surface area contributed by atoms with E-state index >= 15 is 0 Å². The molecular formula is C24H15Cl3I2N2O2. The van der Waals surface area contributed by atoms with Gasteiger partial charge in [0.1, 0.15) is 24.0 Å². The topological polar surface area (TPSA) is 62.1 Å². The van der Waals surface area contributed by atoms with E-state index in [-0.39, 0.29) is 5.57 Å². The fourth-order valence-electron chi connectivity index (χ4n) is 2.77. The molecule has 0 spiro atoms. The van der Waals surface area contributed by atoms with E-state index < -0.39 is 5.91 Å². The van der Waals surface area contributed by atoms with E-state index in [1.165, 1.54) is 6.08 Å². The molecule has 0 saturated carbocycles. The summed E-state index contributed by atoms with van der Waals surface area (Å²) in [4.78, 5) is 12.6. The van der Waals surface area contributed by atoms with Gasteiger partial charge in [0.15, 0.2) is 0 Å². The molecule has 0 atom stereocenters. The maximum Gasteiger partial charge on any atom is 0.266 e. The van der Waals surface area contributed by atoms with Crippen molar-refractivity contribution in [3.63, 3.8) is 0 Å². The Kier molecular flexibility index (Phi) is 9.30. The number of amides is 1. The predicted molar refractivity (Wildman–Crippen MR) is 151 cm³/mol. The Bertz CT molecular complexity index is 1280. The van der Waals surface area contributed by atoms with E-state index in [1.807, 2.05) is 31.2 Å². The highest BCUT2D eigenvalue weighted by atomic mass is 127. The number of halogens is 5. The molecule has 1 N–H and O–H groups in total. The van der Waals surface area contributed by atoms with Crippen LogP contribution in [0.2, 0.25) is 15.1 Å². The van der Waals surface area contributed by atoms with Gasteiger partial charge in [-0.2, -0.15) is 5.26 Å². The number of benzene rings is 3. The number of anilines is 1. The predicted octanol–water partition coefficient (Wildman–Crippen LogP) is 8.29. The van der Waals surface area contributed by atoms with Crippen molar-refractivity contribution in [2.45, 2.75) is 13.5 Å². The first-order valence-electron chi connectivity index (χ1n) is 9.43. The number of carbonyl (C=O) groups is 1. The maximum atomic E-state index is 12.6. The molecule has 0 radical (unpaired) electrons. The van der Waals surface area contributed by atoms with Gasteiger partial charge in [-0.1, -0.05) is 46.9 Å². The minimum absolute atomic E-state index is 0.0252. The molecular weight excluding hydrogens is 708 g/mol. The van der Waals surface area contributed by atoms with Crippen molar-refractivity contribution in [3.05, 3.63) is 93.0 Å². The average Bonchev–Trinajstić information content (AvgIpc) is 2.76. The van der Waals surface area contributed by atoms with Crippen LogP contribution in [0.3, 0.4) is 0 Å². The zero-order chi connectivity index (χ0) is 24.1. The van der Waals surface area contributed by atoms with E-state index in [0.29, 0.717) is 38.7 Å². The SMILES string of the molecule is Cc1ccc(NC(=O)/C(C#N)=C/c2cc(I)c(OCc3ccc(Cl)c(Cl)c3)c(I)c2)cc1Cl. The van der Waals surface area contributed by atoms with Gasteiger partial charge in [0.25, 0.3) is 5.91 Å². The normalized spacial score (nSPS) is 11.1. The van der Waals surface area contributed by atoms with E-state index in [1.54, 1.807) is 30.3 Å². The van der Waals surface area contributed by atoms with Gasteiger partial charge < -0.3 is 10.1 Å². The van der Waals surface area contributed by atoms with Crippen molar-refractivity contribution in [1.82, 2.24) is 0 Å². The number of hydrogen-bond acceptors (Lipinski definition) is 3. The molecule has 0 aliphatic heterocycles. The van der Waals surface area contributed by atoms with Crippen LogP contribution < -0.4 is 10.1 Å². The summed E-state index contributed by atoms with van der Waals surface area (Å²) >= 11 is 22.5. The van der Waals surface area contributed by atoms with Crippen molar-refractivity contribution in [2.75, 3.05) is 5.32 Å². The Hall–Kier alpha value is -1.51.